The number of hydrogen-bond donors (Lipinski definition) is 1. The molecule has 2 heterocycles. The molecule has 34 heavy (non-hydrogen) atoms. The highest BCUT2D eigenvalue weighted by molar-refractivity contribution is 6.47. The smallest absolute Gasteiger partial charge is 0.354 e. The average molecular weight is 475 g/mol. The Hall–Kier alpha value is -3.10. The van der Waals surface area contributed by atoms with Gasteiger partial charge in [0, 0.05) is 37.5 Å². The summed E-state index contributed by atoms with van der Waals surface area (Å²) >= 11 is 0. The molecule has 1 saturated carbocycles. The topological polar surface area (TPSA) is 66.7 Å². The maximum Gasteiger partial charge on any atom is 0.416 e. The van der Waals surface area contributed by atoms with Gasteiger partial charge in [-0.15, -0.1) is 0 Å². The summed E-state index contributed by atoms with van der Waals surface area (Å²) < 4.78 is 40.9. The van der Waals surface area contributed by atoms with Crippen LogP contribution in [-0.4, -0.2) is 45.2 Å². The van der Waals surface area contributed by atoms with E-state index in [4.69, 9.17) is 4.99 Å². The lowest BCUT2D eigenvalue weighted by atomic mass is 9.87. The minimum absolute atomic E-state index is 0.124. The summed E-state index contributed by atoms with van der Waals surface area (Å²) in [6.07, 6.45) is 2.16. The highest BCUT2D eigenvalue weighted by Crippen LogP contribution is 2.41. The van der Waals surface area contributed by atoms with Crippen LogP contribution < -0.4 is 5.32 Å². The van der Waals surface area contributed by atoms with E-state index in [-0.39, 0.29) is 11.6 Å². The molecule has 182 valence electrons. The molecule has 1 aromatic heterocycles. The van der Waals surface area contributed by atoms with Gasteiger partial charge >= 0.3 is 6.18 Å². The van der Waals surface area contributed by atoms with Gasteiger partial charge < -0.3 is 14.8 Å². The van der Waals surface area contributed by atoms with E-state index in [1.54, 1.807) is 11.8 Å². The van der Waals surface area contributed by atoms with Crippen molar-refractivity contribution in [1.82, 2.24) is 14.8 Å². The van der Waals surface area contributed by atoms with Gasteiger partial charge in [-0.25, -0.2) is 0 Å². The summed E-state index contributed by atoms with van der Waals surface area (Å²) in [7, 11) is 1.94. The van der Waals surface area contributed by atoms with Crippen LogP contribution in [0.25, 0.3) is 0 Å². The van der Waals surface area contributed by atoms with E-state index < -0.39 is 29.4 Å². The molecule has 4 rings (SSSR count). The summed E-state index contributed by atoms with van der Waals surface area (Å²) in [5.74, 6) is -0.678. The molecule has 1 aromatic carbocycles. The van der Waals surface area contributed by atoms with E-state index in [9.17, 15) is 22.8 Å². The fraction of sp³-hybridized carbons (Fsp3) is 0.480. The molecule has 0 saturated heterocycles. The van der Waals surface area contributed by atoms with E-state index in [0.717, 1.165) is 37.1 Å². The van der Waals surface area contributed by atoms with Crippen molar-refractivity contribution in [2.45, 2.75) is 63.3 Å². The molecule has 0 radical (unpaired) electrons. The van der Waals surface area contributed by atoms with E-state index in [1.165, 1.54) is 12.1 Å². The standard InChI is InChI=1S/C25H29F3N4O2/c1-17(22(33)29-15-12-20-7-6-16-31(20)2)32-23(34)21(30-24(32)13-4-3-5-14-24)18-8-10-19(11-9-18)25(26,27)28/h6-11,16-17H,3-5,12-15H2,1-2H3,(H,29,33). The number of nitrogens with zero attached hydrogens (tertiary/aromatic N) is 3. The second-order valence-electron chi connectivity index (χ2n) is 9.08. The van der Waals surface area contributed by atoms with E-state index in [1.807, 2.05) is 29.9 Å². The number of aryl methyl sites for hydroxylation is 1. The average Bonchev–Trinajstić information content (AvgIpc) is 3.33. The summed E-state index contributed by atoms with van der Waals surface area (Å²) in [6.45, 7) is 2.12. The van der Waals surface area contributed by atoms with Crippen LogP contribution >= 0.6 is 0 Å². The van der Waals surface area contributed by atoms with Crippen LogP contribution in [0.3, 0.4) is 0 Å². The van der Waals surface area contributed by atoms with Crippen molar-refractivity contribution in [1.29, 1.82) is 0 Å². The first-order chi connectivity index (χ1) is 16.1. The SMILES string of the molecule is CC(C(=O)NCCc1cccn1C)N1C(=O)C(c2ccc(C(F)(F)F)cc2)=NC12CCCCC2. The molecule has 2 aliphatic rings. The van der Waals surface area contributed by atoms with Crippen LogP contribution in [0.15, 0.2) is 47.6 Å². The van der Waals surface area contributed by atoms with Crippen LogP contribution in [0, 0.1) is 0 Å². The molecule has 6 nitrogen and oxygen atoms in total. The van der Waals surface area contributed by atoms with E-state index in [0.29, 0.717) is 31.4 Å². The van der Waals surface area contributed by atoms with E-state index >= 15 is 0 Å². The number of hydrogen-bond acceptors (Lipinski definition) is 3. The minimum atomic E-state index is -4.46. The van der Waals surface area contributed by atoms with Crippen molar-refractivity contribution in [3.05, 3.63) is 59.4 Å². The number of carbonyl (C=O) groups is 2. The molecule has 1 spiro atoms. The Bertz CT molecular complexity index is 1080. The lowest BCUT2D eigenvalue weighted by Gasteiger charge is -2.41. The highest BCUT2D eigenvalue weighted by atomic mass is 19.4. The maximum atomic E-state index is 13.5. The quantitative estimate of drug-likeness (QED) is 0.686. The summed E-state index contributed by atoms with van der Waals surface area (Å²) in [5, 5.41) is 2.92. The molecule has 0 bridgehead atoms. The summed E-state index contributed by atoms with van der Waals surface area (Å²) in [4.78, 5) is 32.8. The molecule has 1 fully saturated rings. The number of aliphatic imine (C=N–C) groups is 1. The van der Waals surface area contributed by atoms with E-state index in [2.05, 4.69) is 5.32 Å². The molecule has 1 aliphatic heterocycles. The zero-order chi connectivity index (χ0) is 24.5. The summed E-state index contributed by atoms with van der Waals surface area (Å²) in [5.41, 5.74) is -0.0670. The first-order valence-corrected chi connectivity index (χ1v) is 11.6. The molecule has 1 aliphatic carbocycles. The van der Waals surface area contributed by atoms with Gasteiger partial charge in [0.2, 0.25) is 5.91 Å². The molecule has 2 aromatic rings. The minimum Gasteiger partial charge on any atom is -0.354 e. The van der Waals surface area contributed by atoms with Gasteiger partial charge in [-0.3, -0.25) is 14.6 Å². The van der Waals surface area contributed by atoms with Crippen LogP contribution in [0.5, 0.6) is 0 Å². The Morgan fingerprint density at radius 1 is 1.15 bits per heavy atom. The van der Waals surface area contributed by atoms with Gasteiger partial charge in [-0.05, 0) is 56.9 Å². The van der Waals surface area contributed by atoms with Gasteiger partial charge in [0.25, 0.3) is 5.91 Å². The Labute approximate surface area is 196 Å². The Morgan fingerprint density at radius 3 is 2.41 bits per heavy atom. The Morgan fingerprint density at radius 2 is 1.82 bits per heavy atom. The Kier molecular flexibility index (Phi) is 6.55. The predicted octanol–water partition coefficient (Wildman–Crippen LogP) is 4.08. The number of carbonyl (C=O) groups excluding carboxylic acids is 2. The molecule has 1 atom stereocenters. The molecule has 1 unspecified atom stereocenters. The van der Waals surface area contributed by atoms with Crippen LogP contribution in [0.1, 0.15) is 55.8 Å². The number of aromatic nitrogens is 1. The first-order valence-electron chi connectivity index (χ1n) is 11.6. The van der Waals surface area contributed by atoms with Crippen molar-refractivity contribution in [2.24, 2.45) is 12.0 Å². The number of alkyl halides is 3. The predicted molar refractivity (Wildman–Crippen MR) is 122 cm³/mol. The fourth-order valence-electron chi connectivity index (χ4n) is 4.96. The third kappa shape index (κ3) is 4.60. The van der Waals surface area contributed by atoms with Gasteiger partial charge in [0.05, 0.1) is 5.56 Å². The number of rotatable bonds is 6. The Balaban J connectivity index is 1.53. The zero-order valence-electron chi connectivity index (χ0n) is 19.4. The summed E-state index contributed by atoms with van der Waals surface area (Å²) in [6, 6.07) is 7.65. The van der Waals surface area contributed by atoms with Gasteiger partial charge in [0.1, 0.15) is 17.4 Å². The van der Waals surface area contributed by atoms with Gasteiger partial charge in [-0.2, -0.15) is 13.2 Å². The largest absolute Gasteiger partial charge is 0.416 e. The van der Waals surface area contributed by atoms with Crippen molar-refractivity contribution in [3.63, 3.8) is 0 Å². The second kappa shape index (κ2) is 9.27. The number of amides is 2. The molecule has 2 amide bonds. The number of benzene rings is 1. The molecule has 1 N–H and O–H groups in total. The van der Waals surface area contributed by atoms with Crippen molar-refractivity contribution >= 4 is 17.5 Å². The number of nitrogens with one attached hydrogen (secondary N) is 1. The van der Waals surface area contributed by atoms with Gasteiger partial charge in [-0.1, -0.05) is 18.6 Å². The highest BCUT2D eigenvalue weighted by Gasteiger charge is 2.51. The maximum absolute atomic E-state index is 13.5. The third-order valence-electron chi connectivity index (χ3n) is 6.83. The normalized spacial score (nSPS) is 18.8. The zero-order valence-corrected chi connectivity index (χ0v) is 19.4. The fourth-order valence-corrected chi connectivity index (χ4v) is 4.96. The molecular weight excluding hydrogens is 445 g/mol. The van der Waals surface area contributed by atoms with Crippen molar-refractivity contribution < 1.29 is 22.8 Å². The van der Waals surface area contributed by atoms with Crippen molar-refractivity contribution in [2.75, 3.05) is 6.54 Å². The number of halogens is 3. The lowest BCUT2D eigenvalue weighted by molar-refractivity contribution is -0.141. The molecule has 9 heteroatoms. The third-order valence-corrected chi connectivity index (χ3v) is 6.83. The molecular formula is C25H29F3N4O2. The van der Waals surface area contributed by atoms with Crippen LogP contribution in [0.2, 0.25) is 0 Å². The van der Waals surface area contributed by atoms with Crippen LogP contribution in [-0.2, 0) is 29.2 Å². The monoisotopic (exact) mass is 474 g/mol. The second-order valence-corrected chi connectivity index (χ2v) is 9.08. The van der Waals surface area contributed by atoms with Crippen LogP contribution in [0.4, 0.5) is 13.2 Å². The van der Waals surface area contributed by atoms with Gasteiger partial charge in [0.15, 0.2) is 0 Å². The van der Waals surface area contributed by atoms with Crippen molar-refractivity contribution in [3.8, 4) is 0 Å². The first kappa shape index (κ1) is 24.0. The lowest BCUT2D eigenvalue weighted by Crippen LogP contribution is -2.57.